The van der Waals surface area contributed by atoms with Crippen LogP contribution in [-0.4, -0.2) is 9.78 Å². The molecule has 0 saturated heterocycles. The van der Waals surface area contributed by atoms with E-state index < -0.39 is 0 Å². The van der Waals surface area contributed by atoms with Crippen molar-refractivity contribution < 1.29 is 4.74 Å². The van der Waals surface area contributed by atoms with Gasteiger partial charge in [0.2, 0.25) is 0 Å². The third-order valence-corrected chi connectivity index (χ3v) is 4.10. The van der Waals surface area contributed by atoms with Crippen LogP contribution in [0.5, 0.6) is 5.75 Å². The first-order chi connectivity index (χ1) is 11.3. The van der Waals surface area contributed by atoms with Gasteiger partial charge in [0.1, 0.15) is 12.4 Å². The second kappa shape index (κ2) is 5.80. The predicted octanol–water partition coefficient (Wildman–Crippen LogP) is 4.05. The topological polar surface area (TPSA) is 53.1 Å². The lowest BCUT2D eigenvalue weighted by atomic mass is 10.1. The highest BCUT2D eigenvalue weighted by Crippen LogP contribution is 2.36. The van der Waals surface area contributed by atoms with Crippen LogP contribution < -0.4 is 10.5 Å². The molecule has 0 atom stereocenters. The molecule has 0 bridgehead atoms. The van der Waals surface area contributed by atoms with Crippen LogP contribution in [0, 0.1) is 0 Å². The molecule has 3 aromatic rings. The fraction of sp³-hybridized carbons (Fsp3) is 0.211. The second-order valence-corrected chi connectivity index (χ2v) is 5.96. The number of benzene rings is 2. The third kappa shape index (κ3) is 3.06. The lowest BCUT2D eigenvalue weighted by Gasteiger charge is -2.09. The van der Waals surface area contributed by atoms with E-state index in [1.807, 2.05) is 59.4 Å². The molecule has 0 aliphatic heterocycles. The van der Waals surface area contributed by atoms with Crippen molar-refractivity contribution in [1.29, 1.82) is 0 Å². The number of hydrogen-bond donors (Lipinski definition) is 1. The Labute approximate surface area is 135 Å². The highest BCUT2D eigenvalue weighted by molar-refractivity contribution is 5.76. The van der Waals surface area contributed by atoms with Crippen molar-refractivity contribution >= 4 is 5.69 Å². The van der Waals surface area contributed by atoms with Gasteiger partial charge in [0.05, 0.1) is 12.2 Å². The van der Waals surface area contributed by atoms with E-state index in [2.05, 4.69) is 11.3 Å². The summed E-state index contributed by atoms with van der Waals surface area (Å²) in [7, 11) is 0. The first-order valence-electron chi connectivity index (χ1n) is 7.90. The molecule has 4 rings (SSSR count). The molecule has 1 aliphatic rings. The molecule has 2 N–H and O–H groups in total. The summed E-state index contributed by atoms with van der Waals surface area (Å²) in [5, 5.41) is 4.42. The summed E-state index contributed by atoms with van der Waals surface area (Å²) in [5.74, 6) is 0.782. The standard InChI is InChI=1S/C19H19N3O/c20-19-10-17(23-13-14-4-2-1-3-5-14)8-9-18(19)15-11-21-22(12-15)16-6-7-16/h1-5,8-12,16H,6-7,13,20H2. The first kappa shape index (κ1) is 13.9. The minimum absolute atomic E-state index is 0.541. The van der Waals surface area contributed by atoms with E-state index in [9.17, 15) is 0 Å². The van der Waals surface area contributed by atoms with Gasteiger partial charge >= 0.3 is 0 Å². The van der Waals surface area contributed by atoms with Crippen LogP contribution >= 0.6 is 0 Å². The minimum atomic E-state index is 0.541. The van der Waals surface area contributed by atoms with E-state index in [0.717, 1.165) is 22.4 Å². The average Bonchev–Trinajstić information content (AvgIpc) is 3.32. The molecule has 1 aromatic heterocycles. The summed E-state index contributed by atoms with van der Waals surface area (Å²) in [6.07, 6.45) is 6.41. The predicted molar refractivity (Wildman–Crippen MR) is 91.1 cm³/mol. The van der Waals surface area contributed by atoms with Crippen molar-refractivity contribution in [1.82, 2.24) is 9.78 Å². The SMILES string of the molecule is Nc1cc(OCc2ccccc2)ccc1-c1cnn(C2CC2)c1. The van der Waals surface area contributed by atoms with Gasteiger partial charge in [0.25, 0.3) is 0 Å². The fourth-order valence-electron chi connectivity index (χ4n) is 2.65. The molecule has 2 aromatic carbocycles. The van der Waals surface area contributed by atoms with E-state index in [1.165, 1.54) is 12.8 Å². The van der Waals surface area contributed by atoms with Crippen molar-refractivity contribution in [3.8, 4) is 16.9 Å². The molecule has 1 fully saturated rings. The normalized spacial score (nSPS) is 13.9. The van der Waals surface area contributed by atoms with Gasteiger partial charge in [0, 0.05) is 29.1 Å². The van der Waals surface area contributed by atoms with Crippen LogP contribution in [0.1, 0.15) is 24.4 Å². The summed E-state index contributed by atoms with van der Waals surface area (Å²) in [6.45, 7) is 0.541. The maximum absolute atomic E-state index is 6.21. The quantitative estimate of drug-likeness (QED) is 0.724. The summed E-state index contributed by atoms with van der Waals surface area (Å²) in [4.78, 5) is 0. The lowest BCUT2D eigenvalue weighted by Crippen LogP contribution is -1.97. The van der Waals surface area contributed by atoms with Gasteiger partial charge in [-0.15, -0.1) is 0 Å². The Morgan fingerprint density at radius 3 is 2.70 bits per heavy atom. The van der Waals surface area contributed by atoms with Crippen molar-refractivity contribution in [2.75, 3.05) is 5.73 Å². The Hall–Kier alpha value is -2.75. The largest absolute Gasteiger partial charge is 0.489 e. The van der Waals surface area contributed by atoms with E-state index in [-0.39, 0.29) is 0 Å². The van der Waals surface area contributed by atoms with Gasteiger partial charge in [-0.2, -0.15) is 5.10 Å². The molecule has 23 heavy (non-hydrogen) atoms. The number of aromatic nitrogens is 2. The molecule has 116 valence electrons. The van der Waals surface area contributed by atoms with Gasteiger partial charge in [-0.25, -0.2) is 0 Å². The summed E-state index contributed by atoms with van der Waals surface area (Å²) in [6, 6.07) is 16.5. The highest BCUT2D eigenvalue weighted by Gasteiger charge is 2.24. The molecule has 0 unspecified atom stereocenters. The molecule has 1 heterocycles. The Bertz CT molecular complexity index is 806. The summed E-state index contributed by atoms with van der Waals surface area (Å²) >= 11 is 0. The zero-order valence-corrected chi connectivity index (χ0v) is 12.9. The first-order valence-corrected chi connectivity index (χ1v) is 7.90. The summed E-state index contributed by atoms with van der Waals surface area (Å²) in [5.41, 5.74) is 10.1. The monoisotopic (exact) mass is 305 g/mol. The van der Waals surface area contributed by atoms with Crippen LogP contribution in [0.25, 0.3) is 11.1 Å². The molecule has 0 spiro atoms. The molecular formula is C19H19N3O. The van der Waals surface area contributed by atoms with Crippen LogP contribution in [0.2, 0.25) is 0 Å². The average molecular weight is 305 g/mol. The molecule has 0 radical (unpaired) electrons. The molecule has 4 heteroatoms. The Balaban J connectivity index is 1.49. The molecular weight excluding hydrogens is 286 g/mol. The van der Waals surface area contributed by atoms with Crippen molar-refractivity contribution in [2.24, 2.45) is 0 Å². The molecule has 4 nitrogen and oxygen atoms in total. The van der Waals surface area contributed by atoms with Crippen molar-refractivity contribution in [2.45, 2.75) is 25.5 Å². The lowest BCUT2D eigenvalue weighted by molar-refractivity contribution is 0.306. The van der Waals surface area contributed by atoms with E-state index in [4.69, 9.17) is 10.5 Å². The maximum atomic E-state index is 6.21. The second-order valence-electron chi connectivity index (χ2n) is 5.96. The number of nitrogens with zero attached hydrogens (tertiary/aromatic N) is 2. The van der Waals surface area contributed by atoms with Crippen molar-refractivity contribution in [3.05, 3.63) is 66.5 Å². The van der Waals surface area contributed by atoms with Gasteiger partial charge in [-0.05, 0) is 30.5 Å². The van der Waals surface area contributed by atoms with E-state index >= 15 is 0 Å². The summed E-state index contributed by atoms with van der Waals surface area (Å²) < 4.78 is 7.85. The van der Waals surface area contributed by atoms with Gasteiger partial charge in [0.15, 0.2) is 0 Å². The third-order valence-electron chi connectivity index (χ3n) is 4.10. The number of anilines is 1. The zero-order valence-electron chi connectivity index (χ0n) is 12.9. The number of ether oxygens (including phenoxy) is 1. The van der Waals surface area contributed by atoms with Gasteiger partial charge < -0.3 is 10.5 Å². The smallest absolute Gasteiger partial charge is 0.121 e. The molecule has 1 saturated carbocycles. The minimum Gasteiger partial charge on any atom is -0.489 e. The Kier molecular flexibility index (Phi) is 3.50. The van der Waals surface area contributed by atoms with Crippen LogP contribution in [0.15, 0.2) is 60.9 Å². The van der Waals surface area contributed by atoms with E-state index in [0.29, 0.717) is 18.3 Å². The number of nitrogens with two attached hydrogens (primary N) is 1. The number of hydrogen-bond acceptors (Lipinski definition) is 3. The number of nitrogen functional groups attached to an aromatic ring is 1. The molecule has 0 amide bonds. The highest BCUT2D eigenvalue weighted by atomic mass is 16.5. The Morgan fingerprint density at radius 1 is 1.13 bits per heavy atom. The number of rotatable bonds is 5. The Morgan fingerprint density at radius 2 is 1.96 bits per heavy atom. The van der Waals surface area contributed by atoms with E-state index in [1.54, 1.807) is 0 Å². The van der Waals surface area contributed by atoms with Gasteiger partial charge in [-0.3, -0.25) is 4.68 Å². The zero-order chi connectivity index (χ0) is 15.6. The molecule has 1 aliphatic carbocycles. The van der Waals surface area contributed by atoms with Crippen molar-refractivity contribution in [3.63, 3.8) is 0 Å². The van der Waals surface area contributed by atoms with Crippen LogP contribution in [-0.2, 0) is 6.61 Å². The van der Waals surface area contributed by atoms with Crippen LogP contribution in [0.3, 0.4) is 0 Å². The maximum Gasteiger partial charge on any atom is 0.121 e. The van der Waals surface area contributed by atoms with Crippen LogP contribution in [0.4, 0.5) is 5.69 Å². The van der Waals surface area contributed by atoms with Gasteiger partial charge in [-0.1, -0.05) is 30.3 Å². The fourth-order valence-corrected chi connectivity index (χ4v) is 2.65.